The fraction of sp³-hybridized carbons (Fsp3) is 0.344. The highest BCUT2D eigenvalue weighted by Crippen LogP contribution is 2.32. The number of benzene rings is 2. The molecule has 2 aromatic heterocycles. The first-order valence-electron chi connectivity index (χ1n) is 14.6. The van der Waals surface area contributed by atoms with Gasteiger partial charge in [-0.1, -0.05) is 6.07 Å². The van der Waals surface area contributed by atoms with Crippen molar-refractivity contribution in [3.05, 3.63) is 88.1 Å². The second-order valence-electron chi connectivity index (χ2n) is 11.4. The molecule has 1 N–H and O–H groups in total. The van der Waals surface area contributed by atoms with Gasteiger partial charge < -0.3 is 15.1 Å². The van der Waals surface area contributed by atoms with E-state index in [4.69, 9.17) is 0 Å². The lowest BCUT2D eigenvalue weighted by Crippen LogP contribution is -2.52. The molecule has 0 saturated carbocycles. The van der Waals surface area contributed by atoms with Crippen molar-refractivity contribution in [1.29, 1.82) is 5.26 Å². The van der Waals surface area contributed by atoms with Gasteiger partial charge in [-0.05, 0) is 89.3 Å². The van der Waals surface area contributed by atoms with Gasteiger partial charge >= 0.3 is 17.9 Å². The smallest absolute Gasteiger partial charge is 0.341 e. The summed E-state index contributed by atoms with van der Waals surface area (Å²) >= 11 is 0. The molecule has 1 aliphatic rings. The van der Waals surface area contributed by atoms with Crippen LogP contribution in [0.2, 0.25) is 0 Å². The van der Waals surface area contributed by atoms with Gasteiger partial charge in [0.05, 0.1) is 46.2 Å². The molecule has 0 bridgehead atoms. The maximum absolute atomic E-state index is 14.0. The number of alkyl halides is 3. The van der Waals surface area contributed by atoms with Crippen LogP contribution in [0.15, 0.2) is 65.6 Å². The Morgan fingerprint density at radius 1 is 1.07 bits per heavy atom. The van der Waals surface area contributed by atoms with Crippen molar-refractivity contribution in [2.24, 2.45) is 0 Å². The van der Waals surface area contributed by atoms with Crippen LogP contribution in [0, 0.1) is 18.3 Å². The summed E-state index contributed by atoms with van der Waals surface area (Å²) in [5.41, 5.74) is -0.557. The standard InChI is InChI=1S/C32H33F3N8O3/c1-20(29(44)40-16-13-24(14-17-40)39(3)4)38-30(45)42-28(27-12-15-37-43(27)25-10-8-22(19-36)9-11-25)21(2)41(31(42)46)26-7-5-6-23(18-26)32(33,34)35/h5-12,15,18,20,24H,13-14,16-17H2,1-4H3,(H,38,45)/t20-/m0/s1. The number of nitrogens with one attached hydrogen (secondary N) is 1. The molecule has 3 heterocycles. The Morgan fingerprint density at radius 3 is 2.35 bits per heavy atom. The highest BCUT2D eigenvalue weighted by molar-refractivity contribution is 5.89. The lowest BCUT2D eigenvalue weighted by atomic mass is 10.0. The average Bonchev–Trinajstić information content (AvgIpc) is 3.61. The fourth-order valence-corrected chi connectivity index (χ4v) is 5.77. The van der Waals surface area contributed by atoms with Gasteiger partial charge in [0.15, 0.2) is 0 Å². The fourth-order valence-electron chi connectivity index (χ4n) is 5.77. The summed E-state index contributed by atoms with van der Waals surface area (Å²) in [6, 6.07) is 12.7. The molecule has 1 saturated heterocycles. The summed E-state index contributed by atoms with van der Waals surface area (Å²) in [4.78, 5) is 45.0. The molecule has 1 aliphatic heterocycles. The molecule has 0 radical (unpaired) electrons. The molecule has 11 nitrogen and oxygen atoms in total. The number of imidazole rings is 1. The minimum atomic E-state index is -4.67. The van der Waals surface area contributed by atoms with E-state index in [-0.39, 0.29) is 28.7 Å². The number of carbonyl (C=O) groups excluding carboxylic acids is 2. The van der Waals surface area contributed by atoms with Crippen molar-refractivity contribution in [1.82, 2.24) is 34.0 Å². The summed E-state index contributed by atoms with van der Waals surface area (Å²) in [7, 11) is 3.97. The van der Waals surface area contributed by atoms with Gasteiger partial charge in [0.1, 0.15) is 11.7 Å². The van der Waals surface area contributed by atoms with Crippen LogP contribution in [0.3, 0.4) is 0 Å². The maximum atomic E-state index is 14.0. The first-order chi connectivity index (χ1) is 21.8. The van der Waals surface area contributed by atoms with Crippen LogP contribution in [-0.4, -0.2) is 79.9 Å². The Morgan fingerprint density at radius 2 is 1.74 bits per heavy atom. The molecule has 5 rings (SSSR count). The Balaban J connectivity index is 1.58. The second-order valence-corrected chi connectivity index (χ2v) is 11.4. The molecule has 0 aliphatic carbocycles. The Labute approximate surface area is 263 Å². The zero-order chi connectivity index (χ0) is 33.3. The van der Waals surface area contributed by atoms with Crippen LogP contribution in [0.4, 0.5) is 18.0 Å². The van der Waals surface area contributed by atoms with E-state index in [9.17, 15) is 32.8 Å². The van der Waals surface area contributed by atoms with E-state index < -0.39 is 29.5 Å². The van der Waals surface area contributed by atoms with Crippen molar-refractivity contribution in [2.45, 2.75) is 44.9 Å². The molecule has 240 valence electrons. The average molecular weight is 635 g/mol. The minimum Gasteiger partial charge on any atom is -0.341 e. The lowest BCUT2D eigenvalue weighted by Gasteiger charge is -2.36. The van der Waals surface area contributed by atoms with Gasteiger partial charge in [-0.3, -0.25) is 9.36 Å². The van der Waals surface area contributed by atoms with Gasteiger partial charge in [0, 0.05) is 19.1 Å². The summed E-state index contributed by atoms with van der Waals surface area (Å²) < 4.78 is 44.2. The zero-order valence-corrected chi connectivity index (χ0v) is 25.7. The van der Waals surface area contributed by atoms with Crippen LogP contribution in [0.1, 0.15) is 36.6 Å². The number of amides is 2. The maximum Gasteiger partial charge on any atom is 0.416 e. The number of nitriles is 1. The van der Waals surface area contributed by atoms with E-state index >= 15 is 0 Å². The molecule has 0 spiro atoms. The Kier molecular flexibility index (Phi) is 8.89. The van der Waals surface area contributed by atoms with Crippen LogP contribution in [0.25, 0.3) is 22.8 Å². The molecule has 2 aromatic carbocycles. The number of likely N-dealkylation sites (tertiary alicyclic amines) is 1. The van der Waals surface area contributed by atoms with Gasteiger partial charge in [0.2, 0.25) is 5.91 Å². The number of carbonyl (C=O) groups is 2. The van der Waals surface area contributed by atoms with Crippen LogP contribution in [-0.2, 0) is 11.0 Å². The van der Waals surface area contributed by atoms with Crippen LogP contribution in [0.5, 0.6) is 0 Å². The topological polar surface area (TPSA) is 121 Å². The van der Waals surface area contributed by atoms with Crippen molar-refractivity contribution < 1.29 is 22.8 Å². The molecule has 1 atom stereocenters. The molecule has 1 fully saturated rings. The highest BCUT2D eigenvalue weighted by atomic mass is 19.4. The monoisotopic (exact) mass is 634 g/mol. The van der Waals surface area contributed by atoms with Crippen LogP contribution < -0.4 is 11.0 Å². The van der Waals surface area contributed by atoms with E-state index in [0.29, 0.717) is 30.4 Å². The van der Waals surface area contributed by atoms with Gasteiger partial charge in [-0.2, -0.15) is 23.5 Å². The van der Waals surface area contributed by atoms with Crippen molar-refractivity contribution in [2.75, 3.05) is 27.2 Å². The van der Waals surface area contributed by atoms with Gasteiger partial charge in [0.25, 0.3) is 0 Å². The third kappa shape index (κ3) is 6.18. The van der Waals surface area contributed by atoms with Gasteiger partial charge in [-0.25, -0.2) is 18.8 Å². The number of nitrogens with zero attached hydrogens (tertiary/aromatic N) is 7. The Bertz CT molecular complexity index is 1860. The number of rotatable bonds is 6. The number of piperidine rings is 1. The molecule has 2 amide bonds. The largest absolute Gasteiger partial charge is 0.416 e. The van der Waals surface area contributed by atoms with E-state index in [0.717, 1.165) is 34.1 Å². The molecule has 0 unspecified atom stereocenters. The number of halogens is 3. The quantitative estimate of drug-likeness (QED) is 0.340. The zero-order valence-electron chi connectivity index (χ0n) is 25.7. The molecule has 4 aromatic rings. The SMILES string of the molecule is Cc1c(-c2ccnn2-c2ccc(C#N)cc2)n(C(=O)N[C@@H](C)C(=O)N2CCC(N(C)C)CC2)c(=O)n1-c1cccc(C(F)(F)F)c1. The van der Waals surface area contributed by atoms with Crippen LogP contribution >= 0.6 is 0 Å². The van der Waals surface area contributed by atoms with E-state index in [1.807, 2.05) is 20.2 Å². The number of hydrogen-bond donors (Lipinski definition) is 1. The predicted octanol–water partition coefficient (Wildman–Crippen LogP) is 4.19. The van der Waals surface area contributed by atoms with E-state index in [2.05, 4.69) is 15.3 Å². The van der Waals surface area contributed by atoms with E-state index in [1.165, 1.54) is 36.9 Å². The Hall–Kier alpha value is -5.16. The number of hydrogen-bond acceptors (Lipinski definition) is 6. The van der Waals surface area contributed by atoms with Crippen molar-refractivity contribution in [3.63, 3.8) is 0 Å². The normalized spacial score (nSPS) is 14.7. The molecule has 14 heteroatoms. The number of aromatic nitrogens is 4. The highest BCUT2D eigenvalue weighted by Gasteiger charge is 2.33. The predicted molar refractivity (Wildman–Crippen MR) is 164 cm³/mol. The van der Waals surface area contributed by atoms with Crippen molar-refractivity contribution >= 4 is 11.9 Å². The summed E-state index contributed by atoms with van der Waals surface area (Å²) in [5.74, 6) is -0.309. The summed E-state index contributed by atoms with van der Waals surface area (Å²) in [5, 5.41) is 16.2. The minimum absolute atomic E-state index is 0.0632. The third-order valence-electron chi connectivity index (χ3n) is 8.26. The first kappa shape index (κ1) is 32.2. The molecule has 46 heavy (non-hydrogen) atoms. The summed E-state index contributed by atoms with van der Waals surface area (Å²) in [6.45, 7) is 4.07. The third-order valence-corrected chi connectivity index (χ3v) is 8.26. The molecular formula is C32H33F3N8O3. The lowest BCUT2D eigenvalue weighted by molar-refractivity contribution is -0.137. The summed E-state index contributed by atoms with van der Waals surface area (Å²) in [6.07, 6.45) is -1.66. The first-order valence-corrected chi connectivity index (χ1v) is 14.6. The second kappa shape index (κ2) is 12.7. The molecular weight excluding hydrogens is 601 g/mol. The van der Waals surface area contributed by atoms with Gasteiger partial charge in [-0.15, -0.1) is 0 Å². The van der Waals surface area contributed by atoms with Crippen molar-refractivity contribution in [3.8, 4) is 28.8 Å². The van der Waals surface area contributed by atoms with E-state index in [1.54, 1.807) is 35.2 Å².